The third kappa shape index (κ3) is 4.23. The molecule has 0 aliphatic carbocycles. The Hall–Kier alpha value is -1.24. The first kappa shape index (κ1) is 17.6. The average molecular weight is 364 g/mol. The van der Waals surface area contributed by atoms with E-state index in [0.29, 0.717) is 5.92 Å². The van der Waals surface area contributed by atoms with Crippen LogP contribution in [0, 0.1) is 6.92 Å². The van der Waals surface area contributed by atoms with Crippen molar-refractivity contribution < 1.29 is 4.79 Å². The minimum atomic E-state index is 0.0415. The van der Waals surface area contributed by atoms with Gasteiger partial charge in [0.15, 0.2) is 0 Å². The zero-order chi connectivity index (χ0) is 17.1. The quantitative estimate of drug-likeness (QED) is 0.872. The van der Waals surface area contributed by atoms with Crippen molar-refractivity contribution >= 4 is 28.6 Å². The Kier molecular flexibility index (Phi) is 5.69. The van der Waals surface area contributed by atoms with Crippen molar-refractivity contribution in [2.75, 3.05) is 13.1 Å². The summed E-state index contributed by atoms with van der Waals surface area (Å²) < 4.78 is 0. The van der Waals surface area contributed by atoms with Gasteiger partial charge in [-0.05, 0) is 37.8 Å². The highest BCUT2D eigenvalue weighted by Crippen LogP contribution is 2.25. The van der Waals surface area contributed by atoms with Crippen LogP contribution in [0.5, 0.6) is 0 Å². The molecular weight excluding hydrogens is 338 g/mol. The minimum absolute atomic E-state index is 0.0415. The van der Waals surface area contributed by atoms with Crippen molar-refractivity contribution in [1.82, 2.24) is 15.2 Å². The number of aryl methyl sites for hydroxylation is 1. The van der Waals surface area contributed by atoms with Crippen LogP contribution in [0.1, 0.15) is 57.9 Å². The maximum atomic E-state index is 12.6. The van der Waals surface area contributed by atoms with E-state index in [2.05, 4.69) is 46.6 Å². The summed E-state index contributed by atoms with van der Waals surface area (Å²) in [4.78, 5) is 21.8. The molecule has 1 fully saturated rings. The molecular formula is C18H25N3OS2. The molecule has 0 bridgehead atoms. The lowest BCUT2D eigenvalue weighted by atomic mass is 10.1. The topological polar surface area (TPSA) is 45.2 Å². The number of aromatic nitrogens is 1. The summed E-state index contributed by atoms with van der Waals surface area (Å²) >= 11 is 3.33. The van der Waals surface area contributed by atoms with E-state index in [1.807, 2.05) is 6.92 Å². The van der Waals surface area contributed by atoms with Gasteiger partial charge in [0.25, 0.3) is 5.91 Å². The Labute approximate surface area is 151 Å². The van der Waals surface area contributed by atoms with Gasteiger partial charge in [-0.3, -0.25) is 9.69 Å². The summed E-state index contributed by atoms with van der Waals surface area (Å²) in [6, 6.07) is 4.51. The van der Waals surface area contributed by atoms with Gasteiger partial charge in [0.2, 0.25) is 0 Å². The predicted molar refractivity (Wildman–Crippen MR) is 101 cm³/mol. The molecule has 1 amide bonds. The van der Waals surface area contributed by atoms with E-state index >= 15 is 0 Å². The second-order valence-corrected chi connectivity index (χ2v) is 8.81. The Morgan fingerprint density at radius 2 is 2.33 bits per heavy atom. The van der Waals surface area contributed by atoms with Crippen LogP contribution in [0.15, 0.2) is 17.5 Å². The summed E-state index contributed by atoms with van der Waals surface area (Å²) in [6.07, 6.45) is 2.19. The van der Waals surface area contributed by atoms with E-state index in [-0.39, 0.29) is 11.9 Å². The normalized spacial score (nSPS) is 18.9. The first-order valence-electron chi connectivity index (χ1n) is 8.56. The number of thiophene rings is 1. The van der Waals surface area contributed by atoms with E-state index in [4.69, 9.17) is 0 Å². The van der Waals surface area contributed by atoms with Gasteiger partial charge in [0.1, 0.15) is 4.88 Å². The molecule has 130 valence electrons. The number of hydrogen-bond acceptors (Lipinski definition) is 5. The molecule has 6 heteroatoms. The van der Waals surface area contributed by atoms with Crippen LogP contribution in [0.2, 0.25) is 0 Å². The van der Waals surface area contributed by atoms with Crippen LogP contribution < -0.4 is 5.32 Å². The fraction of sp³-hybridized carbons (Fsp3) is 0.556. The van der Waals surface area contributed by atoms with Gasteiger partial charge in [-0.1, -0.05) is 19.9 Å². The van der Waals surface area contributed by atoms with Gasteiger partial charge in [0.05, 0.1) is 10.7 Å². The van der Waals surface area contributed by atoms with Gasteiger partial charge >= 0.3 is 0 Å². The summed E-state index contributed by atoms with van der Waals surface area (Å²) in [7, 11) is 0. The number of carbonyl (C=O) groups is 1. The SMILES string of the molecule is Cc1nc(C(C)C)sc1C(=O)N[C@H]1CCCN(Cc2cccs2)C1. The minimum Gasteiger partial charge on any atom is -0.347 e. The van der Waals surface area contributed by atoms with Gasteiger partial charge in [-0.25, -0.2) is 4.98 Å². The Balaban J connectivity index is 1.59. The lowest BCUT2D eigenvalue weighted by Gasteiger charge is -2.32. The lowest BCUT2D eigenvalue weighted by Crippen LogP contribution is -2.47. The standard InChI is InChI=1S/C18H25N3OS2/c1-12(2)18-19-13(3)16(24-18)17(22)20-14-6-4-8-21(10-14)11-15-7-5-9-23-15/h5,7,9,12,14H,4,6,8,10-11H2,1-3H3,(H,20,22)/t14-/m0/s1. The zero-order valence-corrected chi connectivity index (χ0v) is 16.2. The second-order valence-electron chi connectivity index (χ2n) is 6.75. The monoisotopic (exact) mass is 363 g/mol. The Bertz CT molecular complexity index is 679. The molecule has 1 aliphatic heterocycles. The van der Waals surface area contributed by atoms with Crippen molar-refractivity contribution in [1.29, 1.82) is 0 Å². The molecule has 2 aromatic heterocycles. The first-order chi connectivity index (χ1) is 11.5. The molecule has 3 heterocycles. The van der Waals surface area contributed by atoms with Crippen molar-refractivity contribution in [2.24, 2.45) is 0 Å². The van der Waals surface area contributed by atoms with Crippen LogP contribution >= 0.6 is 22.7 Å². The number of piperidine rings is 1. The third-order valence-electron chi connectivity index (χ3n) is 4.31. The highest BCUT2D eigenvalue weighted by molar-refractivity contribution is 7.13. The maximum absolute atomic E-state index is 12.6. The summed E-state index contributed by atoms with van der Waals surface area (Å²) in [5, 5.41) is 6.40. The van der Waals surface area contributed by atoms with E-state index in [0.717, 1.165) is 48.1 Å². The number of hydrogen-bond donors (Lipinski definition) is 1. The fourth-order valence-electron chi connectivity index (χ4n) is 3.07. The van der Waals surface area contributed by atoms with Crippen molar-refractivity contribution in [2.45, 2.75) is 52.1 Å². The van der Waals surface area contributed by atoms with Crippen molar-refractivity contribution in [3.63, 3.8) is 0 Å². The molecule has 2 aromatic rings. The molecule has 0 radical (unpaired) electrons. The van der Waals surface area contributed by atoms with Gasteiger partial charge in [0, 0.05) is 29.9 Å². The molecule has 4 nitrogen and oxygen atoms in total. The summed E-state index contributed by atoms with van der Waals surface area (Å²) in [5.74, 6) is 0.408. The number of thiazole rings is 1. The molecule has 0 spiro atoms. The van der Waals surface area contributed by atoms with E-state index in [9.17, 15) is 4.79 Å². The number of nitrogens with one attached hydrogen (secondary N) is 1. The number of rotatable bonds is 5. The van der Waals surface area contributed by atoms with Crippen molar-refractivity contribution in [3.05, 3.63) is 38.0 Å². The molecule has 0 unspecified atom stereocenters. The number of carbonyl (C=O) groups excluding carboxylic acids is 1. The smallest absolute Gasteiger partial charge is 0.263 e. The van der Waals surface area contributed by atoms with Crippen LogP contribution in [0.3, 0.4) is 0 Å². The Morgan fingerprint density at radius 1 is 1.50 bits per heavy atom. The van der Waals surface area contributed by atoms with Crippen LogP contribution in [0.4, 0.5) is 0 Å². The second kappa shape index (κ2) is 7.76. The van der Waals surface area contributed by atoms with Crippen LogP contribution in [-0.2, 0) is 6.54 Å². The van der Waals surface area contributed by atoms with Crippen LogP contribution in [0.25, 0.3) is 0 Å². The third-order valence-corrected chi connectivity index (χ3v) is 6.63. The first-order valence-corrected chi connectivity index (χ1v) is 10.3. The van der Waals surface area contributed by atoms with Crippen LogP contribution in [-0.4, -0.2) is 34.9 Å². The molecule has 1 N–H and O–H groups in total. The predicted octanol–water partition coefficient (Wildman–Crippen LogP) is 4.03. The van der Waals surface area contributed by atoms with Gasteiger partial charge in [-0.15, -0.1) is 22.7 Å². The molecule has 1 aliphatic rings. The van der Waals surface area contributed by atoms with Crippen molar-refractivity contribution in [3.8, 4) is 0 Å². The van der Waals surface area contributed by atoms with Gasteiger partial charge < -0.3 is 5.32 Å². The molecule has 1 saturated heterocycles. The highest BCUT2D eigenvalue weighted by Gasteiger charge is 2.24. The zero-order valence-electron chi connectivity index (χ0n) is 14.5. The Morgan fingerprint density at radius 3 is 3.00 bits per heavy atom. The highest BCUT2D eigenvalue weighted by atomic mass is 32.1. The van der Waals surface area contributed by atoms with E-state index in [1.54, 1.807) is 11.3 Å². The number of nitrogens with zero attached hydrogens (tertiary/aromatic N) is 2. The number of amides is 1. The summed E-state index contributed by atoms with van der Waals surface area (Å²) in [5.41, 5.74) is 0.854. The van der Waals surface area contributed by atoms with Gasteiger partial charge in [-0.2, -0.15) is 0 Å². The fourth-order valence-corrected chi connectivity index (χ4v) is 4.78. The lowest BCUT2D eigenvalue weighted by molar-refractivity contribution is 0.0904. The maximum Gasteiger partial charge on any atom is 0.263 e. The molecule has 0 aromatic carbocycles. The molecule has 1 atom stereocenters. The van der Waals surface area contributed by atoms with E-state index < -0.39 is 0 Å². The molecule has 0 saturated carbocycles. The molecule has 24 heavy (non-hydrogen) atoms. The number of likely N-dealkylation sites (tertiary alicyclic amines) is 1. The van der Waals surface area contributed by atoms with E-state index in [1.165, 1.54) is 16.2 Å². The largest absolute Gasteiger partial charge is 0.347 e. The summed E-state index contributed by atoms with van der Waals surface area (Å²) in [6.45, 7) is 9.19. The molecule has 3 rings (SSSR count). The average Bonchev–Trinajstić information content (AvgIpc) is 3.17.